The van der Waals surface area contributed by atoms with Gasteiger partial charge in [-0.25, -0.2) is 9.97 Å². The zero-order chi connectivity index (χ0) is 15.2. The van der Waals surface area contributed by atoms with Crippen LogP contribution in [0.1, 0.15) is 46.2 Å². The van der Waals surface area contributed by atoms with Crippen molar-refractivity contribution in [3.63, 3.8) is 0 Å². The van der Waals surface area contributed by atoms with Crippen molar-refractivity contribution in [3.05, 3.63) is 44.6 Å². The molecule has 0 saturated carbocycles. The van der Waals surface area contributed by atoms with Crippen molar-refractivity contribution >= 4 is 28.8 Å². The van der Waals surface area contributed by atoms with Gasteiger partial charge in [-0.1, -0.05) is 31.9 Å². The highest BCUT2D eigenvalue weighted by atomic mass is 35.5. The number of aryl methyl sites for hydroxylation is 2. The molecule has 0 aromatic carbocycles. The Bertz CT molecular complexity index is 627. The second-order valence-electron chi connectivity index (χ2n) is 4.68. The standard InChI is InChI=1S/C15H18ClN3OS/c1-3-5-11-6-10(7-13(16)19-11)15(20)18-9-14-17-8-12(4-2)21-14/h6-8H,3-5,9H2,1-2H3,(H,18,20). The number of amides is 1. The SMILES string of the molecule is CCCc1cc(C(=O)NCc2ncc(CC)s2)cc(Cl)n1. The van der Waals surface area contributed by atoms with Crippen LogP contribution in [0.5, 0.6) is 0 Å². The summed E-state index contributed by atoms with van der Waals surface area (Å²) in [4.78, 5) is 21.9. The number of thiazole rings is 1. The van der Waals surface area contributed by atoms with Gasteiger partial charge in [0.05, 0.1) is 6.54 Å². The van der Waals surface area contributed by atoms with Crippen molar-refractivity contribution in [1.82, 2.24) is 15.3 Å². The fraction of sp³-hybridized carbons (Fsp3) is 0.400. The van der Waals surface area contributed by atoms with Gasteiger partial charge < -0.3 is 5.32 Å². The van der Waals surface area contributed by atoms with Crippen LogP contribution in [0.25, 0.3) is 0 Å². The quantitative estimate of drug-likeness (QED) is 0.826. The number of halogens is 1. The molecule has 0 radical (unpaired) electrons. The maximum absolute atomic E-state index is 12.2. The van der Waals surface area contributed by atoms with Crippen LogP contribution < -0.4 is 5.32 Å². The Morgan fingerprint density at radius 3 is 2.86 bits per heavy atom. The number of hydrogen-bond donors (Lipinski definition) is 1. The van der Waals surface area contributed by atoms with E-state index in [0.717, 1.165) is 30.0 Å². The lowest BCUT2D eigenvalue weighted by Gasteiger charge is -2.06. The molecule has 2 aromatic heterocycles. The molecule has 1 N–H and O–H groups in total. The van der Waals surface area contributed by atoms with Gasteiger partial charge in [0.25, 0.3) is 5.91 Å². The van der Waals surface area contributed by atoms with E-state index in [2.05, 4.69) is 29.1 Å². The van der Waals surface area contributed by atoms with E-state index < -0.39 is 0 Å². The summed E-state index contributed by atoms with van der Waals surface area (Å²) in [6.45, 7) is 4.59. The van der Waals surface area contributed by atoms with Gasteiger partial charge in [-0.2, -0.15) is 0 Å². The third-order valence-electron chi connectivity index (χ3n) is 2.97. The number of nitrogens with one attached hydrogen (secondary N) is 1. The Hall–Kier alpha value is -1.46. The molecule has 0 spiro atoms. The van der Waals surface area contributed by atoms with Crippen molar-refractivity contribution in [1.29, 1.82) is 0 Å². The molecule has 0 atom stereocenters. The number of pyridine rings is 1. The molecule has 0 fully saturated rings. The van der Waals surface area contributed by atoms with Crippen LogP contribution in [0.2, 0.25) is 5.15 Å². The highest BCUT2D eigenvalue weighted by Crippen LogP contribution is 2.15. The second-order valence-corrected chi connectivity index (χ2v) is 6.26. The van der Waals surface area contributed by atoms with Crippen LogP contribution >= 0.6 is 22.9 Å². The van der Waals surface area contributed by atoms with Gasteiger partial charge in [-0.05, 0) is 25.0 Å². The molecule has 6 heteroatoms. The zero-order valence-electron chi connectivity index (χ0n) is 12.1. The summed E-state index contributed by atoms with van der Waals surface area (Å²) >= 11 is 7.59. The molecule has 1 amide bonds. The first-order chi connectivity index (χ1) is 10.1. The third-order valence-corrected chi connectivity index (χ3v) is 4.30. The van der Waals surface area contributed by atoms with Gasteiger partial charge in [-0.3, -0.25) is 4.79 Å². The first-order valence-electron chi connectivity index (χ1n) is 7.00. The molecule has 2 aromatic rings. The second kappa shape index (κ2) is 7.52. The summed E-state index contributed by atoms with van der Waals surface area (Å²) in [5.74, 6) is -0.148. The number of rotatable bonds is 6. The van der Waals surface area contributed by atoms with Crippen molar-refractivity contribution in [3.8, 4) is 0 Å². The van der Waals surface area contributed by atoms with E-state index in [4.69, 9.17) is 11.6 Å². The van der Waals surface area contributed by atoms with Crippen molar-refractivity contribution in [2.24, 2.45) is 0 Å². The summed E-state index contributed by atoms with van der Waals surface area (Å²) in [7, 11) is 0. The first-order valence-corrected chi connectivity index (χ1v) is 8.20. The smallest absolute Gasteiger partial charge is 0.251 e. The molecule has 0 aliphatic carbocycles. The van der Waals surface area contributed by atoms with Crippen molar-refractivity contribution in [2.75, 3.05) is 0 Å². The maximum Gasteiger partial charge on any atom is 0.251 e. The molecule has 0 aliphatic rings. The van der Waals surface area contributed by atoms with Crippen LogP contribution in [0.15, 0.2) is 18.3 Å². The van der Waals surface area contributed by atoms with E-state index in [0.29, 0.717) is 17.3 Å². The average molecular weight is 324 g/mol. The lowest BCUT2D eigenvalue weighted by atomic mass is 10.1. The summed E-state index contributed by atoms with van der Waals surface area (Å²) in [6.07, 6.45) is 4.60. The molecule has 0 bridgehead atoms. The fourth-order valence-corrected chi connectivity index (χ4v) is 2.95. The number of aromatic nitrogens is 2. The summed E-state index contributed by atoms with van der Waals surface area (Å²) in [6, 6.07) is 3.39. The summed E-state index contributed by atoms with van der Waals surface area (Å²) < 4.78 is 0. The Balaban J connectivity index is 2.02. The highest BCUT2D eigenvalue weighted by molar-refractivity contribution is 7.11. The van der Waals surface area contributed by atoms with Crippen molar-refractivity contribution < 1.29 is 4.79 Å². The van der Waals surface area contributed by atoms with E-state index >= 15 is 0 Å². The van der Waals surface area contributed by atoms with Gasteiger partial charge in [0.1, 0.15) is 10.2 Å². The monoisotopic (exact) mass is 323 g/mol. The highest BCUT2D eigenvalue weighted by Gasteiger charge is 2.10. The molecule has 0 saturated heterocycles. The molecule has 0 aliphatic heterocycles. The minimum atomic E-state index is -0.148. The van der Waals surface area contributed by atoms with E-state index in [-0.39, 0.29) is 5.91 Å². The number of carbonyl (C=O) groups is 1. The van der Waals surface area contributed by atoms with Crippen LogP contribution in [0, 0.1) is 0 Å². The van der Waals surface area contributed by atoms with E-state index in [1.54, 1.807) is 23.5 Å². The summed E-state index contributed by atoms with van der Waals surface area (Å²) in [5, 5.41) is 4.14. The lowest BCUT2D eigenvalue weighted by Crippen LogP contribution is -2.23. The van der Waals surface area contributed by atoms with Crippen LogP contribution in [0.3, 0.4) is 0 Å². The van der Waals surface area contributed by atoms with Crippen molar-refractivity contribution in [2.45, 2.75) is 39.7 Å². The van der Waals surface area contributed by atoms with E-state index in [1.165, 1.54) is 4.88 Å². The Morgan fingerprint density at radius 2 is 2.19 bits per heavy atom. The molecular formula is C15H18ClN3OS. The third kappa shape index (κ3) is 4.51. The molecule has 2 rings (SSSR count). The topological polar surface area (TPSA) is 54.9 Å². The minimum absolute atomic E-state index is 0.148. The van der Waals surface area contributed by atoms with Gasteiger partial charge >= 0.3 is 0 Å². The average Bonchev–Trinajstić information content (AvgIpc) is 2.92. The Labute approximate surface area is 133 Å². The zero-order valence-corrected chi connectivity index (χ0v) is 13.7. The minimum Gasteiger partial charge on any atom is -0.346 e. The predicted molar refractivity (Wildman–Crippen MR) is 85.9 cm³/mol. The van der Waals surface area contributed by atoms with Gasteiger partial charge in [0.15, 0.2) is 0 Å². The molecule has 0 unspecified atom stereocenters. The normalized spacial score (nSPS) is 10.6. The van der Waals surface area contributed by atoms with Gasteiger partial charge in [-0.15, -0.1) is 11.3 Å². The predicted octanol–water partition coefficient (Wildman–Crippen LogP) is 3.64. The molecule has 112 valence electrons. The molecule has 4 nitrogen and oxygen atoms in total. The Kier molecular flexibility index (Phi) is 5.70. The summed E-state index contributed by atoms with van der Waals surface area (Å²) in [5.41, 5.74) is 1.39. The van der Waals surface area contributed by atoms with Gasteiger partial charge in [0, 0.05) is 22.3 Å². The maximum atomic E-state index is 12.2. The fourth-order valence-electron chi connectivity index (χ4n) is 1.92. The van der Waals surface area contributed by atoms with Gasteiger partial charge in [0.2, 0.25) is 0 Å². The molecule has 2 heterocycles. The largest absolute Gasteiger partial charge is 0.346 e. The Morgan fingerprint density at radius 1 is 1.38 bits per heavy atom. The van der Waals surface area contributed by atoms with Crippen LogP contribution in [-0.2, 0) is 19.4 Å². The molecular weight excluding hydrogens is 306 g/mol. The van der Waals surface area contributed by atoms with E-state index in [9.17, 15) is 4.79 Å². The number of hydrogen-bond acceptors (Lipinski definition) is 4. The number of nitrogens with zero attached hydrogens (tertiary/aromatic N) is 2. The van der Waals surface area contributed by atoms with Crippen LogP contribution in [0.4, 0.5) is 0 Å². The molecule has 21 heavy (non-hydrogen) atoms. The van der Waals surface area contributed by atoms with E-state index in [1.807, 2.05) is 6.20 Å². The number of carbonyl (C=O) groups excluding carboxylic acids is 1. The first kappa shape index (κ1) is 15.9. The lowest BCUT2D eigenvalue weighted by molar-refractivity contribution is 0.0950. The van der Waals surface area contributed by atoms with Crippen LogP contribution in [-0.4, -0.2) is 15.9 Å².